The predicted octanol–water partition coefficient (Wildman–Crippen LogP) is -0.483. The Hall–Kier alpha value is -0.650. The fourth-order valence-corrected chi connectivity index (χ4v) is 0.705. The summed E-state index contributed by atoms with van der Waals surface area (Å²) in [6.07, 6.45) is -2.58. The van der Waals surface area contributed by atoms with Gasteiger partial charge in [0.25, 0.3) is 0 Å². The van der Waals surface area contributed by atoms with E-state index in [1.165, 1.54) is 0 Å². The van der Waals surface area contributed by atoms with Gasteiger partial charge in [0.2, 0.25) is 0 Å². The molecule has 86 valence electrons. The van der Waals surface area contributed by atoms with Gasteiger partial charge in [0, 0.05) is 6.54 Å². The summed E-state index contributed by atoms with van der Waals surface area (Å²) in [6, 6.07) is 0. The fraction of sp³-hybridized carbons (Fsp3) is 0.889. The molecule has 0 aliphatic rings. The molecule has 2 unspecified atom stereocenters. The summed E-state index contributed by atoms with van der Waals surface area (Å²) >= 11 is 0. The second-order valence-corrected chi connectivity index (χ2v) is 2.32. The summed E-state index contributed by atoms with van der Waals surface area (Å²) in [5.74, 6) is -0.791. The third kappa shape index (κ3) is 6.82. The highest BCUT2D eigenvalue weighted by molar-refractivity contribution is 5.75. The Balaban J connectivity index is 0. The SMILES string of the molecule is CC.CCOC(=O)C(O)C(O)CNC. The molecule has 5 nitrogen and oxygen atoms in total. The first-order chi connectivity index (χ1) is 6.63. The summed E-state index contributed by atoms with van der Waals surface area (Å²) in [7, 11) is 1.61. The van der Waals surface area contributed by atoms with E-state index < -0.39 is 18.2 Å². The van der Waals surface area contributed by atoms with Gasteiger partial charge in [0.1, 0.15) is 6.10 Å². The summed E-state index contributed by atoms with van der Waals surface area (Å²) in [5.41, 5.74) is 0. The van der Waals surface area contributed by atoms with Crippen LogP contribution in [0.4, 0.5) is 0 Å². The zero-order valence-electron chi connectivity index (χ0n) is 9.28. The van der Waals surface area contributed by atoms with Crippen LogP contribution in [0, 0.1) is 0 Å². The van der Waals surface area contributed by atoms with E-state index in [0.29, 0.717) is 0 Å². The number of ether oxygens (including phenoxy) is 1. The summed E-state index contributed by atoms with van der Waals surface area (Å²) in [5, 5.41) is 20.8. The lowest BCUT2D eigenvalue weighted by Gasteiger charge is -2.15. The molecule has 3 N–H and O–H groups in total. The molecule has 0 aromatic carbocycles. The van der Waals surface area contributed by atoms with E-state index in [1.807, 2.05) is 13.8 Å². The molecule has 0 saturated carbocycles. The number of hydrogen-bond donors (Lipinski definition) is 3. The van der Waals surface area contributed by atoms with Crippen LogP contribution in [0.3, 0.4) is 0 Å². The highest BCUT2D eigenvalue weighted by Crippen LogP contribution is 1.95. The minimum atomic E-state index is -1.46. The van der Waals surface area contributed by atoms with Crippen LogP contribution in [-0.4, -0.2) is 48.6 Å². The second kappa shape index (κ2) is 10.4. The maximum Gasteiger partial charge on any atom is 0.337 e. The molecule has 0 radical (unpaired) electrons. The maximum absolute atomic E-state index is 10.8. The molecule has 0 saturated heterocycles. The Morgan fingerprint density at radius 2 is 1.93 bits per heavy atom. The first kappa shape index (κ1) is 15.8. The van der Waals surface area contributed by atoms with E-state index >= 15 is 0 Å². The third-order valence-corrected chi connectivity index (χ3v) is 1.31. The lowest BCUT2D eigenvalue weighted by molar-refractivity contribution is -0.158. The van der Waals surface area contributed by atoms with Gasteiger partial charge in [0.15, 0.2) is 6.10 Å². The van der Waals surface area contributed by atoms with Crippen molar-refractivity contribution in [3.05, 3.63) is 0 Å². The van der Waals surface area contributed by atoms with Crippen molar-refractivity contribution < 1.29 is 19.7 Å². The number of carbonyl (C=O) groups excluding carboxylic acids is 1. The lowest BCUT2D eigenvalue weighted by Crippen LogP contribution is -2.41. The number of likely N-dealkylation sites (N-methyl/N-ethyl adjacent to an activating group) is 1. The second-order valence-electron chi connectivity index (χ2n) is 2.32. The van der Waals surface area contributed by atoms with Crippen molar-refractivity contribution in [2.75, 3.05) is 20.2 Å². The Kier molecular flexibility index (Phi) is 11.8. The number of aliphatic hydroxyl groups is 2. The molecule has 0 aliphatic heterocycles. The van der Waals surface area contributed by atoms with Crippen LogP contribution in [0.5, 0.6) is 0 Å². The number of carbonyl (C=O) groups is 1. The Bertz CT molecular complexity index is 141. The average Bonchev–Trinajstić information content (AvgIpc) is 2.20. The zero-order chi connectivity index (χ0) is 11.6. The van der Waals surface area contributed by atoms with Gasteiger partial charge in [-0.05, 0) is 14.0 Å². The summed E-state index contributed by atoms with van der Waals surface area (Å²) < 4.78 is 4.49. The van der Waals surface area contributed by atoms with Crippen LogP contribution >= 0.6 is 0 Å². The molecule has 2 atom stereocenters. The van der Waals surface area contributed by atoms with Crippen molar-refractivity contribution in [3.8, 4) is 0 Å². The monoisotopic (exact) mass is 207 g/mol. The van der Waals surface area contributed by atoms with E-state index in [0.717, 1.165) is 0 Å². The van der Waals surface area contributed by atoms with Gasteiger partial charge >= 0.3 is 5.97 Å². The van der Waals surface area contributed by atoms with E-state index in [9.17, 15) is 4.79 Å². The van der Waals surface area contributed by atoms with Gasteiger partial charge in [0.05, 0.1) is 6.61 Å². The average molecular weight is 207 g/mol. The van der Waals surface area contributed by atoms with Crippen LogP contribution < -0.4 is 5.32 Å². The Morgan fingerprint density at radius 1 is 1.43 bits per heavy atom. The van der Waals surface area contributed by atoms with E-state index in [2.05, 4.69) is 10.1 Å². The van der Waals surface area contributed by atoms with Gasteiger partial charge in [-0.1, -0.05) is 13.8 Å². The van der Waals surface area contributed by atoms with Crippen molar-refractivity contribution in [2.24, 2.45) is 0 Å². The molecular weight excluding hydrogens is 186 g/mol. The summed E-state index contributed by atoms with van der Waals surface area (Å²) in [4.78, 5) is 10.8. The molecular formula is C9H21NO4. The van der Waals surface area contributed by atoms with E-state index in [4.69, 9.17) is 10.2 Å². The van der Waals surface area contributed by atoms with Gasteiger partial charge in [-0.2, -0.15) is 0 Å². The van der Waals surface area contributed by atoms with Gasteiger partial charge in [-0.15, -0.1) is 0 Å². The number of aliphatic hydroxyl groups excluding tert-OH is 2. The molecule has 0 amide bonds. The number of hydrogen-bond acceptors (Lipinski definition) is 5. The summed E-state index contributed by atoms with van der Waals surface area (Å²) in [6.45, 7) is 5.98. The molecule has 14 heavy (non-hydrogen) atoms. The first-order valence-electron chi connectivity index (χ1n) is 4.80. The maximum atomic E-state index is 10.8. The number of esters is 1. The molecule has 0 aromatic rings. The standard InChI is InChI=1S/C7H15NO4.C2H6/c1-3-12-7(11)6(10)5(9)4-8-2;1-2/h5-6,8-10H,3-4H2,1-2H3;1-2H3. The van der Waals surface area contributed by atoms with Gasteiger partial charge in [-0.3, -0.25) is 0 Å². The molecule has 0 bridgehead atoms. The topological polar surface area (TPSA) is 78.8 Å². The lowest BCUT2D eigenvalue weighted by atomic mass is 10.2. The third-order valence-electron chi connectivity index (χ3n) is 1.31. The van der Waals surface area contributed by atoms with Gasteiger partial charge in [-0.25, -0.2) is 4.79 Å². The highest BCUT2D eigenvalue weighted by atomic mass is 16.5. The largest absolute Gasteiger partial charge is 0.464 e. The molecule has 0 fully saturated rings. The Morgan fingerprint density at radius 3 is 2.29 bits per heavy atom. The van der Waals surface area contributed by atoms with Crippen molar-refractivity contribution in [2.45, 2.75) is 33.0 Å². The number of nitrogens with one attached hydrogen (secondary N) is 1. The fourth-order valence-electron chi connectivity index (χ4n) is 0.705. The zero-order valence-corrected chi connectivity index (χ0v) is 9.28. The molecule has 0 aromatic heterocycles. The van der Waals surface area contributed by atoms with Crippen molar-refractivity contribution >= 4 is 5.97 Å². The van der Waals surface area contributed by atoms with Crippen LogP contribution in [0.25, 0.3) is 0 Å². The quantitative estimate of drug-likeness (QED) is 0.531. The first-order valence-corrected chi connectivity index (χ1v) is 4.80. The molecule has 5 heteroatoms. The van der Waals surface area contributed by atoms with Gasteiger partial charge < -0.3 is 20.3 Å². The van der Waals surface area contributed by atoms with E-state index in [1.54, 1.807) is 14.0 Å². The highest BCUT2D eigenvalue weighted by Gasteiger charge is 2.24. The van der Waals surface area contributed by atoms with Crippen molar-refractivity contribution in [1.82, 2.24) is 5.32 Å². The van der Waals surface area contributed by atoms with Crippen LogP contribution in [0.2, 0.25) is 0 Å². The molecule has 0 heterocycles. The van der Waals surface area contributed by atoms with Crippen molar-refractivity contribution in [3.63, 3.8) is 0 Å². The smallest absolute Gasteiger partial charge is 0.337 e. The van der Waals surface area contributed by atoms with Crippen LogP contribution in [0.15, 0.2) is 0 Å². The van der Waals surface area contributed by atoms with Crippen LogP contribution in [-0.2, 0) is 9.53 Å². The minimum Gasteiger partial charge on any atom is -0.464 e. The molecule has 0 aliphatic carbocycles. The van der Waals surface area contributed by atoms with Crippen molar-refractivity contribution in [1.29, 1.82) is 0 Å². The van der Waals surface area contributed by atoms with E-state index in [-0.39, 0.29) is 13.2 Å². The molecule has 0 rings (SSSR count). The van der Waals surface area contributed by atoms with Crippen LogP contribution in [0.1, 0.15) is 20.8 Å². The predicted molar refractivity (Wildman–Crippen MR) is 53.9 cm³/mol. The molecule has 0 spiro atoms. The normalized spacial score (nSPS) is 13.6. The number of rotatable bonds is 5. The Labute approximate surface area is 85.1 Å². The minimum absolute atomic E-state index is 0.153.